The first-order valence-corrected chi connectivity index (χ1v) is 13.5. The summed E-state index contributed by atoms with van der Waals surface area (Å²) >= 11 is 0. The number of nitrogens with one attached hydrogen (secondary N) is 1. The second-order valence-corrected chi connectivity index (χ2v) is 10.7. The van der Waals surface area contributed by atoms with Crippen molar-refractivity contribution in [3.05, 3.63) is 89.9 Å². The van der Waals surface area contributed by atoms with Gasteiger partial charge in [0.1, 0.15) is 5.82 Å². The first kappa shape index (κ1) is 24.6. The van der Waals surface area contributed by atoms with Crippen LogP contribution in [0.15, 0.2) is 77.3 Å². The van der Waals surface area contributed by atoms with Crippen LogP contribution < -0.4 is 10.2 Å². The average Bonchev–Trinajstić information content (AvgIpc) is 3.39. The van der Waals surface area contributed by atoms with Gasteiger partial charge in [0.25, 0.3) is 5.91 Å². The van der Waals surface area contributed by atoms with Gasteiger partial charge in [-0.25, -0.2) is 4.39 Å². The van der Waals surface area contributed by atoms with Gasteiger partial charge >= 0.3 is 0 Å². The molecule has 1 aromatic heterocycles. The molecule has 0 unspecified atom stereocenters. The normalized spacial score (nSPS) is 22.5. The molecule has 1 N–H and O–H groups in total. The highest BCUT2D eigenvalue weighted by molar-refractivity contribution is 6.10. The smallest absolute Gasteiger partial charge is 0.278 e. The van der Waals surface area contributed by atoms with Gasteiger partial charge in [-0.2, -0.15) is 0 Å². The van der Waals surface area contributed by atoms with Crippen LogP contribution in [-0.2, 0) is 5.54 Å². The standard InChI is InChI=1S/C31H33FN4O2/c1-22-13-15-31(16-14-22,36-19-17-35(18-20-36)26-11-9-24(32)10-12-26)23-5-4-6-25(21-23)33-30(37)29-27-7-2-3-8-28(27)38-34-29/h2-12,21-22H,13-20H2,1H3,(H,33,37)/t22-,31-. The maximum absolute atomic E-state index is 13.4. The molecule has 2 aliphatic rings. The van der Waals surface area contributed by atoms with Gasteiger partial charge in [-0.3, -0.25) is 9.69 Å². The van der Waals surface area contributed by atoms with Crippen molar-refractivity contribution in [3.8, 4) is 0 Å². The lowest BCUT2D eigenvalue weighted by Gasteiger charge is -2.51. The number of fused-ring (bicyclic) bond motifs is 1. The number of halogens is 1. The van der Waals surface area contributed by atoms with Gasteiger partial charge < -0.3 is 14.7 Å². The fraction of sp³-hybridized carbons (Fsp3) is 0.355. The molecule has 6 rings (SSSR count). The summed E-state index contributed by atoms with van der Waals surface area (Å²) in [4.78, 5) is 18.1. The van der Waals surface area contributed by atoms with Crippen molar-refractivity contribution in [1.29, 1.82) is 0 Å². The van der Waals surface area contributed by atoms with Crippen molar-refractivity contribution in [3.63, 3.8) is 0 Å². The fourth-order valence-corrected chi connectivity index (χ4v) is 6.20. The number of rotatable bonds is 5. The molecule has 4 aromatic rings. The third-order valence-corrected chi connectivity index (χ3v) is 8.43. The van der Waals surface area contributed by atoms with Gasteiger partial charge in [-0.15, -0.1) is 0 Å². The third-order valence-electron chi connectivity index (χ3n) is 8.43. The topological polar surface area (TPSA) is 61.6 Å². The predicted octanol–water partition coefficient (Wildman–Crippen LogP) is 6.45. The molecule has 196 valence electrons. The van der Waals surface area contributed by atoms with E-state index in [1.54, 1.807) is 0 Å². The van der Waals surface area contributed by atoms with E-state index in [-0.39, 0.29) is 17.3 Å². The van der Waals surface area contributed by atoms with Crippen LogP contribution >= 0.6 is 0 Å². The number of carbonyl (C=O) groups is 1. The zero-order valence-corrected chi connectivity index (χ0v) is 21.7. The van der Waals surface area contributed by atoms with Crippen molar-refractivity contribution in [2.24, 2.45) is 5.92 Å². The number of benzene rings is 3. The SMILES string of the molecule is C[C@H]1CC[C@](c2cccc(NC(=O)c3noc4ccccc34)c2)(N2CCN(c3ccc(F)cc3)CC2)CC1. The number of carbonyl (C=O) groups excluding carboxylic acids is 1. The maximum Gasteiger partial charge on any atom is 0.278 e. The molecule has 0 bridgehead atoms. The van der Waals surface area contributed by atoms with E-state index in [2.05, 4.69) is 39.3 Å². The predicted molar refractivity (Wildman–Crippen MR) is 148 cm³/mol. The second-order valence-electron chi connectivity index (χ2n) is 10.7. The minimum Gasteiger partial charge on any atom is -0.369 e. The van der Waals surface area contributed by atoms with Crippen LogP contribution in [0.3, 0.4) is 0 Å². The molecule has 1 saturated carbocycles. The van der Waals surface area contributed by atoms with Gasteiger partial charge in [-0.1, -0.05) is 36.3 Å². The monoisotopic (exact) mass is 512 g/mol. The van der Waals surface area contributed by atoms with Crippen molar-refractivity contribution >= 4 is 28.3 Å². The van der Waals surface area contributed by atoms with Gasteiger partial charge in [0.05, 0.1) is 5.39 Å². The van der Waals surface area contributed by atoms with Crippen LogP contribution in [0.4, 0.5) is 15.8 Å². The van der Waals surface area contributed by atoms with Crippen LogP contribution in [0.2, 0.25) is 0 Å². The number of anilines is 2. The lowest BCUT2D eigenvalue weighted by atomic mass is 9.71. The van der Waals surface area contributed by atoms with E-state index >= 15 is 0 Å². The minimum absolute atomic E-state index is 0.0667. The number of hydrogen-bond acceptors (Lipinski definition) is 5. The number of aromatic nitrogens is 1. The molecule has 2 heterocycles. The summed E-state index contributed by atoms with van der Waals surface area (Å²) in [5.41, 5.74) is 3.92. The summed E-state index contributed by atoms with van der Waals surface area (Å²) in [5.74, 6) is 0.240. The van der Waals surface area contributed by atoms with Crippen LogP contribution in [0.5, 0.6) is 0 Å². The van der Waals surface area contributed by atoms with Gasteiger partial charge in [0.15, 0.2) is 11.3 Å². The molecule has 0 spiro atoms. The lowest BCUT2D eigenvalue weighted by molar-refractivity contribution is 0.0299. The Labute approximate surface area is 222 Å². The molecule has 7 heteroatoms. The first-order chi connectivity index (χ1) is 18.5. The van der Waals surface area contributed by atoms with Gasteiger partial charge in [0, 0.05) is 43.1 Å². The summed E-state index contributed by atoms with van der Waals surface area (Å²) in [6, 6.07) is 22.5. The summed E-state index contributed by atoms with van der Waals surface area (Å²) < 4.78 is 18.8. The highest BCUT2D eigenvalue weighted by Gasteiger charge is 2.42. The summed E-state index contributed by atoms with van der Waals surface area (Å²) in [5, 5.41) is 7.78. The van der Waals surface area contributed by atoms with E-state index < -0.39 is 0 Å². The van der Waals surface area contributed by atoms with Gasteiger partial charge in [-0.05, 0) is 85.7 Å². The van der Waals surface area contributed by atoms with E-state index in [0.717, 1.165) is 50.4 Å². The van der Waals surface area contributed by atoms with E-state index in [0.29, 0.717) is 22.6 Å². The molecule has 6 nitrogen and oxygen atoms in total. The zero-order valence-electron chi connectivity index (χ0n) is 21.7. The zero-order chi connectivity index (χ0) is 26.1. The second kappa shape index (κ2) is 10.2. The molecule has 2 fully saturated rings. The van der Waals surface area contributed by atoms with Crippen molar-refractivity contribution < 1.29 is 13.7 Å². The number of piperazine rings is 1. The van der Waals surface area contributed by atoms with E-state index in [4.69, 9.17) is 4.52 Å². The Morgan fingerprint density at radius 1 is 0.974 bits per heavy atom. The van der Waals surface area contributed by atoms with Crippen LogP contribution in [0.25, 0.3) is 11.0 Å². The average molecular weight is 513 g/mol. The maximum atomic E-state index is 13.4. The molecule has 3 aromatic carbocycles. The quantitative estimate of drug-likeness (QED) is 0.333. The Kier molecular flexibility index (Phi) is 6.62. The Balaban J connectivity index is 1.23. The Hall–Kier alpha value is -3.71. The Bertz CT molecular complexity index is 1420. The summed E-state index contributed by atoms with van der Waals surface area (Å²) in [6.45, 7) is 6.02. The Morgan fingerprint density at radius 3 is 2.47 bits per heavy atom. The molecule has 38 heavy (non-hydrogen) atoms. The van der Waals surface area contributed by atoms with Crippen molar-refractivity contribution in [2.45, 2.75) is 38.1 Å². The van der Waals surface area contributed by atoms with E-state index in [9.17, 15) is 9.18 Å². The lowest BCUT2D eigenvalue weighted by Crippen LogP contribution is -2.56. The molecule has 0 radical (unpaired) electrons. The van der Waals surface area contributed by atoms with Gasteiger partial charge in [0.2, 0.25) is 0 Å². The molecule has 0 atom stereocenters. The number of nitrogens with zero attached hydrogens (tertiary/aromatic N) is 3. The van der Waals surface area contributed by atoms with Crippen LogP contribution in [-0.4, -0.2) is 42.1 Å². The van der Waals surface area contributed by atoms with E-state index in [1.165, 1.54) is 30.5 Å². The summed E-state index contributed by atoms with van der Waals surface area (Å²) in [6.07, 6.45) is 4.55. The van der Waals surface area contributed by atoms with Crippen LogP contribution in [0.1, 0.15) is 48.7 Å². The van der Waals surface area contributed by atoms with Crippen molar-refractivity contribution in [1.82, 2.24) is 10.1 Å². The molecule has 1 amide bonds. The minimum atomic E-state index is -0.272. The fourth-order valence-electron chi connectivity index (χ4n) is 6.20. The largest absolute Gasteiger partial charge is 0.369 e. The molecular weight excluding hydrogens is 479 g/mol. The summed E-state index contributed by atoms with van der Waals surface area (Å²) in [7, 11) is 0. The number of para-hydroxylation sites is 1. The number of amides is 1. The van der Waals surface area contributed by atoms with E-state index in [1.807, 2.05) is 48.5 Å². The molecular formula is C31H33FN4O2. The Morgan fingerprint density at radius 2 is 1.71 bits per heavy atom. The van der Waals surface area contributed by atoms with Crippen LogP contribution in [0, 0.1) is 11.7 Å². The molecule has 1 aliphatic heterocycles. The molecule has 1 saturated heterocycles. The first-order valence-electron chi connectivity index (χ1n) is 13.5. The number of hydrogen-bond donors (Lipinski definition) is 1. The third kappa shape index (κ3) is 4.67. The van der Waals surface area contributed by atoms with Crippen molar-refractivity contribution in [2.75, 3.05) is 36.4 Å². The highest BCUT2D eigenvalue weighted by atomic mass is 19.1. The molecule has 1 aliphatic carbocycles. The highest BCUT2D eigenvalue weighted by Crippen LogP contribution is 2.45.